The highest BCUT2D eigenvalue weighted by molar-refractivity contribution is 9.10. The summed E-state index contributed by atoms with van der Waals surface area (Å²) in [6.45, 7) is 2.94. The lowest BCUT2D eigenvalue weighted by molar-refractivity contribution is 0.0942. The summed E-state index contributed by atoms with van der Waals surface area (Å²) in [4.78, 5) is 14.3. The van der Waals surface area contributed by atoms with Crippen molar-refractivity contribution in [3.8, 4) is 0 Å². The number of carbonyl (C=O) groups excluding carboxylic acids is 1. The second-order valence-electron chi connectivity index (χ2n) is 9.08. The van der Waals surface area contributed by atoms with Gasteiger partial charge in [0.2, 0.25) is 10.0 Å². The number of carbonyl (C=O) groups is 1. The third-order valence-corrected chi connectivity index (χ3v) is 10.1. The van der Waals surface area contributed by atoms with E-state index in [2.05, 4.69) is 28.2 Å². The van der Waals surface area contributed by atoms with Gasteiger partial charge in [0, 0.05) is 39.7 Å². The number of halogens is 3. The Labute approximate surface area is 228 Å². The molecule has 1 fully saturated rings. The molecule has 1 saturated heterocycles. The summed E-state index contributed by atoms with van der Waals surface area (Å²) in [5.41, 5.74) is 0.819. The number of rotatable bonds is 7. The Morgan fingerprint density at radius 3 is 2.49 bits per heavy atom. The van der Waals surface area contributed by atoms with Crippen LogP contribution in [0.1, 0.15) is 47.3 Å². The van der Waals surface area contributed by atoms with Gasteiger partial charge in [-0.25, -0.2) is 17.2 Å². The van der Waals surface area contributed by atoms with Crippen LogP contribution in [0.4, 0.5) is 8.78 Å². The van der Waals surface area contributed by atoms with Crippen LogP contribution >= 0.6 is 27.7 Å². The summed E-state index contributed by atoms with van der Waals surface area (Å²) in [6.07, 6.45) is 3.45. The minimum atomic E-state index is -3.82. The molecule has 5 nitrogen and oxygen atoms in total. The Morgan fingerprint density at radius 1 is 1.08 bits per heavy atom. The second-order valence-corrected chi connectivity index (χ2v) is 12.7. The zero-order chi connectivity index (χ0) is 26.7. The average molecular weight is 610 g/mol. The molecular formula is C27H27BrF2N2O3S2. The number of thioether (sulfide) groups is 1. The molecule has 1 heterocycles. The lowest BCUT2D eigenvalue weighted by Gasteiger charge is -2.29. The Kier molecular flexibility index (Phi) is 8.73. The smallest absolute Gasteiger partial charge is 0.252 e. The van der Waals surface area contributed by atoms with E-state index < -0.39 is 33.6 Å². The fraction of sp³-hybridized carbons (Fsp3) is 0.296. The predicted octanol–water partition coefficient (Wildman–Crippen LogP) is 6.39. The summed E-state index contributed by atoms with van der Waals surface area (Å²) in [5.74, 6) is -1.64. The minimum absolute atomic E-state index is 0.00333. The molecule has 3 aromatic carbocycles. The van der Waals surface area contributed by atoms with Crippen molar-refractivity contribution in [2.45, 2.75) is 35.6 Å². The van der Waals surface area contributed by atoms with Gasteiger partial charge in [0.25, 0.3) is 5.91 Å². The zero-order valence-electron chi connectivity index (χ0n) is 20.4. The first-order chi connectivity index (χ1) is 17.6. The van der Waals surface area contributed by atoms with Gasteiger partial charge in [-0.15, -0.1) is 11.8 Å². The maximum Gasteiger partial charge on any atom is 0.252 e. The molecule has 10 heteroatoms. The Hall–Kier alpha value is -2.27. The fourth-order valence-corrected chi connectivity index (χ4v) is 7.21. The van der Waals surface area contributed by atoms with Crippen LogP contribution in [-0.2, 0) is 10.0 Å². The van der Waals surface area contributed by atoms with E-state index in [1.807, 2.05) is 18.4 Å². The Morgan fingerprint density at radius 2 is 1.81 bits per heavy atom. The summed E-state index contributed by atoms with van der Waals surface area (Å²) in [7, 11) is -3.82. The molecule has 0 bridgehead atoms. The van der Waals surface area contributed by atoms with Gasteiger partial charge in [0.1, 0.15) is 11.6 Å². The van der Waals surface area contributed by atoms with Crippen molar-refractivity contribution in [2.75, 3.05) is 19.3 Å². The van der Waals surface area contributed by atoms with Crippen molar-refractivity contribution in [2.24, 2.45) is 5.92 Å². The molecule has 1 atom stereocenters. The lowest BCUT2D eigenvalue weighted by Crippen LogP contribution is -2.38. The average Bonchev–Trinajstić information content (AvgIpc) is 2.88. The van der Waals surface area contributed by atoms with E-state index in [-0.39, 0.29) is 16.0 Å². The molecule has 1 N–H and O–H groups in total. The predicted molar refractivity (Wildman–Crippen MR) is 145 cm³/mol. The highest BCUT2D eigenvalue weighted by Crippen LogP contribution is 2.31. The van der Waals surface area contributed by atoms with Crippen molar-refractivity contribution < 1.29 is 22.0 Å². The third-order valence-electron chi connectivity index (χ3n) is 6.53. The first kappa shape index (κ1) is 27.8. The van der Waals surface area contributed by atoms with Gasteiger partial charge in [0.05, 0.1) is 10.9 Å². The Bertz CT molecular complexity index is 1410. The first-order valence-electron chi connectivity index (χ1n) is 11.8. The van der Waals surface area contributed by atoms with E-state index in [0.717, 1.165) is 29.9 Å². The Balaban J connectivity index is 1.69. The molecule has 1 aliphatic rings. The summed E-state index contributed by atoms with van der Waals surface area (Å²) in [5, 5.41) is 2.83. The number of piperidine rings is 1. The maximum atomic E-state index is 14.8. The van der Waals surface area contributed by atoms with Gasteiger partial charge in [-0.3, -0.25) is 4.79 Å². The molecule has 0 aliphatic carbocycles. The van der Waals surface area contributed by atoms with E-state index in [1.165, 1.54) is 40.3 Å². The zero-order valence-corrected chi connectivity index (χ0v) is 23.6. The monoisotopic (exact) mass is 608 g/mol. The van der Waals surface area contributed by atoms with Crippen LogP contribution in [0.25, 0.3) is 0 Å². The summed E-state index contributed by atoms with van der Waals surface area (Å²) < 4.78 is 57.0. The normalized spacial score (nSPS) is 15.9. The van der Waals surface area contributed by atoms with Crippen LogP contribution < -0.4 is 5.32 Å². The topological polar surface area (TPSA) is 66.5 Å². The van der Waals surface area contributed by atoms with E-state index in [1.54, 1.807) is 12.1 Å². The number of amides is 1. The van der Waals surface area contributed by atoms with Crippen LogP contribution in [0, 0.1) is 17.6 Å². The quantitative estimate of drug-likeness (QED) is 0.316. The molecule has 0 spiro atoms. The maximum absolute atomic E-state index is 14.8. The standard InChI is InChI=1S/C27H27BrF2N2O3S2/c1-17-10-12-32(13-11-17)37(34,35)25-15-19(6-9-23(25)28)27(33)31-26(18-4-3-5-21(14-18)36-2)22-8-7-20(29)16-24(22)30/h3-9,14-17,26H,10-13H2,1-2H3,(H,31,33). The number of sulfonamides is 1. The lowest BCUT2D eigenvalue weighted by atomic mass is 9.97. The first-order valence-corrected chi connectivity index (χ1v) is 15.3. The van der Waals surface area contributed by atoms with Crippen LogP contribution in [-0.4, -0.2) is 38.0 Å². The van der Waals surface area contributed by atoms with Crippen molar-refractivity contribution in [1.82, 2.24) is 9.62 Å². The number of nitrogens with zero attached hydrogens (tertiary/aromatic N) is 1. The SMILES string of the molecule is CSc1cccc(C(NC(=O)c2ccc(Br)c(S(=O)(=O)N3CCC(C)CC3)c2)c2ccc(F)cc2F)c1. The van der Waals surface area contributed by atoms with Gasteiger partial charge in [-0.05, 0) is 82.9 Å². The van der Waals surface area contributed by atoms with Crippen molar-refractivity contribution in [1.29, 1.82) is 0 Å². The molecule has 37 heavy (non-hydrogen) atoms. The van der Waals surface area contributed by atoms with E-state index in [0.29, 0.717) is 29.0 Å². The van der Waals surface area contributed by atoms with Crippen molar-refractivity contribution in [3.63, 3.8) is 0 Å². The molecule has 3 aromatic rings. The summed E-state index contributed by atoms with van der Waals surface area (Å²) in [6, 6.07) is 13.9. The molecule has 0 radical (unpaired) electrons. The molecule has 0 aromatic heterocycles. The van der Waals surface area contributed by atoms with E-state index in [9.17, 15) is 22.0 Å². The van der Waals surface area contributed by atoms with Gasteiger partial charge in [-0.2, -0.15) is 4.31 Å². The van der Waals surface area contributed by atoms with E-state index >= 15 is 0 Å². The largest absolute Gasteiger partial charge is 0.341 e. The second kappa shape index (κ2) is 11.6. The van der Waals surface area contributed by atoms with Crippen molar-refractivity contribution in [3.05, 3.63) is 93.5 Å². The molecule has 4 rings (SSSR count). The van der Waals surface area contributed by atoms with Crippen LogP contribution in [0.2, 0.25) is 0 Å². The molecule has 1 unspecified atom stereocenters. The molecule has 1 aliphatic heterocycles. The molecule has 196 valence electrons. The van der Waals surface area contributed by atoms with Gasteiger partial charge in [0.15, 0.2) is 0 Å². The number of hydrogen-bond donors (Lipinski definition) is 1. The van der Waals surface area contributed by atoms with Crippen molar-refractivity contribution >= 4 is 43.6 Å². The van der Waals surface area contributed by atoms with E-state index in [4.69, 9.17) is 0 Å². The number of hydrogen-bond acceptors (Lipinski definition) is 4. The van der Waals surface area contributed by atoms with Gasteiger partial charge >= 0.3 is 0 Å². The molecule has 1 amide bonds. The molecule has 0 saturated carbocycles. The fourth-order valence-electron chi connectivity index (χ4n) is 4.32. The van der Waals surface area contributed by atoms with Crippen LogP contribution in [0.5, 0.6) is 0 Å². The highest BCUT2D eigenvalue weighted by Gasteiger charge is 2.31. The minimum Gasteiger partial charge on any atom is -0.341 e. The molecular weight excluding hydrogens is 582 g/mol. The van der Waals surface area contributed by atoms with Gasteiger partial charge < -0.3 is 5.32 Å². The van der Waals surface area contributed by atoms with Gasteiger partial charge in [-0.1, -0.05) is 25.1 Å². The highest BCUT2D eigenvalue weighted by atomic mass is 79.9. The van der Waals surface area contributed by atoms with Crippen LogP contribution in [0.3, 0.4) is 0 Å². The number of benzene rings is 3. The summed E-state index contributed by atoms with van der Waals surface area (Å²) >= 11 is 4.82. The third kappa shape index (κ3) is 6.25. The van der Waals surface area contributed by atoms with Crippen LogP contribution in [0.15, 0.2) is 74.9 Å². The number of nitrogens with one attached hydrogen (secondary N) is 1.